The lowest BCUT2D eigenvalue weighted by atomic mass is 10.3. The number of rotatable bonds is 8. The molecule has 1 rings (SSSR count). The lowest BCUT2D eigenvalue weighted by molar-refractivity contribution is -0.121. The van der Waals surface area contributed by atoms with Gasteiger partial charge in [-0.3, -0.25) is 4.79 Å². The van der Waals surface area contributed by atoms with E-state index < -0.39 is 0 Å². The maximum atomic E-state index is 11.4. The van der Waals surface area contributed by atoms with Crippen LogP contribution >= 0.6 is 15.9 Å². The van der Waals surface area contributed by atoms with Gasteiger partial charge < -0.3 is 15.4 Å². The van der Waals surface area contributed by atoms with Crippen LogP contribution in [0.3, 0.4) is 0 Å². The third kappa shape index (κ3) is 6.61. The van der Waals surface area contributed by atoms with Crippen LogP contribution in [0.5, 0.6) is 5.75 Å². The van der Waals surface area contributed by atoms with Gasteiger partial charge in [-0.1, -0.05) is 15.9 Å². The molecule has 0 aliphatic rings. The molecule has 2 N–H and O–H groups in total. The quantitative estimate of drug-likeness (QED) is 0.721. The van der Waals surface area contributed by atoms with E-state index in [4.69, 9.17) is 4.74 Å². The number of carbonyl (C=O) groups is 1. The Morgan fingerprint density at radius 2 is 2.00 bits per heavy atom. The standard InChI is InChI=1S/C13H19BrN2O2/c1-15-8-2-3-13(17)16-9-10-18-12-6-4-11(14)5-7-12/h4-7,15H,2-3,8-10H2,1H3,(H,16,17). The Bertz CT molecular complexity index is 355. The zero-order valence-electron chi connectivity index (χ0n) is 10.5. The van der Waals surface area contributed by atoms with Crippen molar-refractivity contribution < 1.29 is 9.53 Å². The molecule has 0 aliphatic heterocycles. The van der Waals surface area contributed by atoms with Gasteiger partial charge in [-0.15, -0.1) is 0 Å². The molecule has 0 spiro atoms. The smallest absolute Gasteiger partial charge is 0.220 e. The fourth-order valence-corrected chi connectivity index (χ4v) is 1.67. The van der Waals surface area contributed by atoms with Crippen molar-refractivity contribution in [2.75, 3.05) is 26.7 Å². The molecule has 100 valence electrons. The fourth-order valence-electron chi connectivity index (χ4n) is 1.40. The number of ether oxygens (including phenoxy) is 1. The van der Waals surface area contributed by atoms with Gasteiger partial charge in [0.1, 0.15) is 12.4 Å². The van der Waals surface area contributed by atoms with Crippen LogP contribution in [0.1, 0.15) is 12.8 Å². The summed E-state index contributed by atoms with van der Waals surface area (Å²) < 4.78 is 6.51. The fraction of sp³-hybridized carbons (Fsp3) is 0.462. The molecule has 1 aromatic rings. The van der Waals surface area contributed by atoms with Crippen LogP contribution in [-0.4, -0.2) is 32.7 Å². The van der Waals surface area contributed by atoms with E-state index >= 15 is 0 Å². The van der Waals surface area contributed by atoms with Crippen LogP contribution in [0.15, 0.2) is 28.7 Å². The van der Waals surface area contributed by atoms with Crippen molar-refractivity contribution in [3.63, 3.8) is 0 Å². The zero-order valence-corrected chi connectivity index (χ0v) is 12.1. The van der Waals surface area contributed by atoms with Crippen molar-refractivity contribution in [1.29, 1.82) is 0 Å². The van der Waals surface area contributed by atoms with E-state index in [9.17, 15) is 4.79 Å². The van der Waals surface area contributed by atoms with E-state index in [1.165, 1.54) is 0 Å². The number of benzene rings is 1. The first-order valence-corrected chi connectivity index (χ1v) is 6.81. The van der Waals surface area contributed by atoms with E-state index in [0.29, 0.717) is 19.6 Å². The number of carbonyl (C=O) groups excluding carboxylic acids is 1. The minimum atomic E-state index is 0.0738. The predicted molar refractivity (Wildman–Crippen MR) is 75.8 cm³/mol. The second kappa shape index (κ2) is 8.94. The van der Waals surface area contributed by atoms with Crippen molar-refractivity contribution in [2.24, 2.45) is 0 Å². The maximum absolute atomic E-state index is 11.4. The van der Waals surface area contributed by atoms with Gasteiger partial charge in [-0.25, -0.2) is 0 Å². The second-order valence-electron chi connectivity index (χ2n) is 3.86. The average Bonchev–Trinajstić information content (AvgIpc) is 2.37. The van der Waals surface area contributed by atoms with Gasteiger partial charge in [0.15, 0.2) is 0 Å². The second-order valence-corrected chi connectivity index (χ2v) is 4.78. The first-order chi connectivity index (χ1) is 8.72. The highest BCUT2D eigenvalue weighted by molar-refractivity contribution is 9.10. The first kappa shape index (κ1) is 15.0. The van der Waals surface area contributed by atoms with E-state index in [-0.39, 0.29) is 5.91 Å². The Morgan fingerprint density at radius 1 is 1.28 bits per heavy atom. The van der Waals surface area contributed by atoms with Gasteiger partial charge in [0, 0.05) is 10.9 Å². The van der Waals surface area contributed by atoms with Crippen LogP contribution in [0.25, 0.3) is 0 Å². The van der Waals surface area contributed by atoms with Crippen molar-refractivity contribution in [3.05, 3.63) is 28.7 Å². The zero-order chi connectivity index (χ0) is 13.2. The molecule has 1 aromatic carbocycles. The SMILES string of the molecule is CNCCCC(=O)NCCOc1ccc(Br)cc1. The van der Waals surface area contributed by atoms with Crippen LogP contribution in [-0.2, 0) is 4.79 Å². The summed E-state index contributed by atoms with van der Waals surface area (Å²) in [5, 5.41) is 5.83. The molecule has 18 heavy (non-hydrogen) atoms. The average molecular weight is 315 g/mol. The topological polar surface area (TPSA) is 50.4 Å². The lowest BCUT2D eigenvalue weighted by Crippen LogP contribution is -2.28. The molecule has 0 unspecified atom stereocenters. The minimum Gasteiger partial charge on any atom is -0.492 e. The molecule has 0 heterocycles. The lowest BCUT2D eigenvalue weighted by Gasteiger charge is -2.07. The Labute approximate surface area is 116 Å². The molecule has 0 atom stereocenters. The first-order valence-electron chi connectivity index (χ1n) is 6.02. The molecule has 0 radical (unpaired) electrons. The molecule has 0 fully saturated rings. The molecule has 0 saturated carbocycles. The molecule has 0 bridgehead atoms. The van der Waals surface area contributed by atoms with Crippen LogP contribution in [0, 0.1) is 0 Å². The molecule has 5 heteroatoms. The molecule has 4 nitrogen and oxygen atoms in total. The summed E-state index contributed by atoms with van der Waals surface area (Å²) in [5.41, 5.74) is 0. The van der Waals surface area contributed by atoms with Gasteiger partial charge in [0.2, 0.25) is 5.91 Å². The van der Waals surface area contributed by atoms with Crippen molar-refractivity contribution in [3.8, 4) is 5.75 Å². The summed E-state index contributed by atoms with van der Waals surface area (Å²) in [5.74, 6) is 0.882. The predicted octanol–water partition coefficient (Wildman–Crippen LogP) is 1.94. The molecule has 0 aliphatic carbocycles. The van der Waals surface area contributed by atoms with Gasteiger partial charge in [0.25, 0.3) is 0 Å². The summed E-state index contributed by atoms with van der Waals surface area (Å²) in [6, 6.07) is 7.62. The largest absolute Gasteiger partial charge is 0.492 e. The highest BCUT2D eigenvalue weighted by Gasteiger charge is 2.00. The third-order valence-electron chi connectivity index (χ3n) is 2.34. The van der Waals surface area contributed by atoms with Gasteiger partial charge in [-0.2, -0.15) is 0 Å². The molecular weight excluding hydrogens is 296 g/mol. The van der Waals surface area contributed by atoms with Crippen molar-refractivity contribution >= 4 is 21.8 Å². The van der Waals surface area contributed by atoms with Gasteiger partial charge in [-0.05, 0) is 44.3 Å². The van der Waals surface area contributed by atoms with Crippen molar-refractivity contribution in [1.82, 2.24) is 10.6 Å². The van der Waals surface area contributed by atoms with Gasteiger partial charge >= 0.3 is 0 Å². The Balaban J connectivity index is 2.07. The number of amides is 1. The normalized spacial score (nSPS) is 10.1. The van der Waals surface area contributed by atoms with Crippen LogP contribution in [0.4, 0.5) is 0 Å². The minimum absolute atomic E-state index is 0.0738. The summed E-state index contributed by atoms with van der Waals surface area (Å²) in [7, 11) is 1.88. The monoisotopic (exact) mass is 314 g/mol. The molecule has 0 aromatic heterocycles. The molecular formula is C13H19BrN2O2. The van der Waals surface area contributed by atoms with Crippen LogP contribution < -0.4 is 15.4 Å². The van der Waals surface area contributed by atoms with E-state index in [1.807, 2.05) is 31.3 Å². The Kier molecular flexibility index (Phi) is 7.44. The number of hydrogen-bond acceptors (Lipinski definition) is 3. The number of halogens is 1. The third-order valence-corrected chi connectivity index (χ3v) is 2.87. The summed E-state index contributed by atoms with van der Waals surface area (Å²) in [6.07, 6.45) is 1.41. The summed E-state index contributed by atoms with van der Waals surface area (Å²) >= 11 is 3.36. The van der Waals surface area contributed by atoms with Gasteiger partial charge in [0.05, 0.1) is 6.54 Å². The maximum Gasteiger partial charge on any atom is 0.220 e. The highest BCUT2D eigenvalue weighted by atomic mass is 79.9. The van der Waals surface area contributed by atoms with Crippen LogP contribution in [0.2, 0.25) is 0 Å². The number of nitrogens with one attached hydrogen (secondary N) is 2. The molecule has 1 amide bonds. The summed E-state index contributed by atoms with van der Waals surface area (Å²) in [4.78, 5) is 11.4. The number of hydrogen-bond donors (Lipinski definition) is 2. The Morgan fingerprint density at radius 3 is 2.67 bits per heavy atom. The molecule has 0 saturated heterocycles. The van der Waals surface area contributed by atoms with E-state index in [2.05, 4.69) is 26.6 Å². The Hall–Kier alpha value is -1.07. The highest BCUT2D eigenvalue weighted by Crippen LogP contribution is 2.15. The summed E-state index contributed by atoms with van der Waals surface area (Å²) in [6.45, 7) is 1.89. The van der Waals surface area contributed by atoms with E-state index in [1.54, 1.807) is 0 Å². The van der Waals surface area contributed by atoms with Crippen molar-refractivity contribution in [2.45, 2.75) is 12.8 Å². The van der Waals surface area contributed by atoms with E-state index in [0.717, 1.165) is 23.2 Å².